The SMILES string of the molecule is S=C(NC[C@H]1CCCO1)Nc1ccc(Cl)cc1Cl. The molecule has 1 atom stereocenters. The highest BCUT2D eigenvalue weighted by molar-refractivity contribution is 7.80. The monoisotopic (exact) mass is 304 g/mol. The fourth-order valence-electron chi connectivity index (χ4n) is 1.77. The Kier molecular flexibility index (Phi) is 5.06. The lowest BCUT2D eigenvalue weighted by molar-refractivity contribution is 0.114. The van der Waals surface area contributed by atoms with Crippen molar-refractivity contribution in [3.8, 4) is 0 Å². The second-order valence-electron chi connectivity index (χ2n) is 4.09. The van der Waals surface area contributed by atoms with Gasteiger partial charge in [-0.3, -0.25) is 0 Å². The molecular formula is C12H14Cl2N2OS. The molecule has 1 saturated heterocycles. The van der Waals surface area contributed by atoms with Gasteiger partial charge in [0, 0.05) is 18.2 Å². The molecule has 1 aromatic rings. The Morgan fingerprint density at radius 1 is 1.44 bits per heavy atom. The van der Waals surface area contributed by atoms with Crippen LogP contribution in [0, 0.1) is 0 Å². The number of hydrogen-bond acceptors (Lipinski definition) is 2. The predicted octanol–water partition coefficient (Wildman–Crippen LogP) is 3.46. The standard InChI is InChI=1S/C12H14Cl2N2OS/c13-8-3-4-11(10(14)6-8)16-12(18)15-7-9-2-1-5-17-9/h3-4,6,9H,1-2,5,7H2,(H2,15,16,18)/t9-/m1/s1. The average Bonchev–Trinajstić information content (AvgIpc) is 2.83. The van der Waals surface area contributed by atoms with Gasteiger partial charge in [0.1, 0.15) is 0 Å². The molecule has 0 aliphatic carbocycles. The molecule has 18 heavy (non-hydrogen) atoms. The molecule has 1 fully saturated rings. The average molecular weight is 305 g/mol. The van der Waals surface area contributed by atoms with E-state index in [0.29, 0.717) is 15.2 Å². The van der Waals surface area contributed by atoms with Crippen LogP contribution in [-0.2, 0) is 4.74 Å². The van der Waals surface area contributed by atoms with Gasteiger partial charge < -0.3 is 15.4 Å². The van der Waals surface area contributed by atoms with Gasteiger partial charge in [-0.25, -0.2) is 0 Å². The summed E-state index contributed by atoms with van der Waals surface area (Å²) in [5, 5.41) is 7.84. The van der Waals surface area contributed by atoms with Crippen molar-refractivity contribution < 1.29 is 4.74 Å². The fraction of sp³-hybridized carbons (Fsp3) is 0.417. The van der Waals surface area contributed by atoms with E-state index in [0.717, 1.165) is 31.7 Å². The lowest BCUT2D eigenvalue weighted by atomic mass is 10.2. The first-order valence-electron chi connectivity index (χ1n) is 5.76. The van der Waals surface area contributed by atoms with E-state index >= 15 is 0 Å². The Labute approximate surface area is 122 Å². The zero-order valence-corrected chi connectivity index (χ0v) is 12.0. The summed E-state index contributed by atoms with van der Waals surface area (Å²) >= 11 is 17.1. The lowest BCUT2D eigenvalue weighted by Gasteiger charge is -2.14. The summed E-state index contributed by atoms with van der Waals surface area (Å²) < 4.78 is 5.50. The van der Waals surface area contributed by atoms with Crippen molar-refractivity contribution in [3.63, 3.8) is 0 Å². The molecule has 1 aliphatic rings. The van der Waals surface area contributed by atoms with Crippen LogP contribution in [0.4, 0.5) is 5.69 Å². The van der Waals surface area contributed by atoms with Crippen LogP contribution in [0.25, 0.3) is 0 Å². The summed E-state index contributed by atoms with van der Waals surface area (Å²) in [5.41, 5.74) is 0.742. The van der Waals surface area contributed by atoms with Crippen molar-refractivity contribution in [1.29, 1.82) is 0 Å². The van der Waals surface area contributed by atoms with Crippen molar-refractivity contribution in [1.82, 2.24) is 5.32 Å². The van der Waals surface area contributed by atoms with E-state index in [2.05, 4.69) is 10.6 Å². The van der Waals surface area contributed by atoms with E-state index in [4.69, 9.17) is 40.2 Å². The van der Waals surface area contributed by atoms with E-state index in [-0.39, 0.29) is 6.10 Å². The van der Waals surface area contributed by atoms with Crippen LogP contribution in [0.1, 0.15) is 12.8 Å². The largest absolute Gasteiger partial charge is 0.376 e. The number of rotatable bonds is 3. The fourth-order valence-corrected chi connectivity index (χ4v) is 2.42. The first kappa shape index (κ1) is 13.9. The molecule has 3 nitrogen and oxygen atoms in total. The zero-order chi connectivity index (χ0) is 13.0. The maximum atomic E-state index is 6.04. The Morgan fingerprint density at radius 3 is 2.94 bits per heavy atom. The molecule has 0 spiro atoms. The van der Waals surface area contributed by atoms with Crippen LogP contribution in [0.2, 0.25) is 10.0 Å². The Bertz CT molecular complexity index is 436. The minimum Gasteiger partial charge on any atom is -0.376 e. The van der Waals surface area contributed by atoms with E-state index < -0.39 is 0 Å². The number of nitrogens with one attached hydrogen (secondary N) is 2. The summed E-state index contributed by atoms with van der Waals surface area (Å²) in [5.74, 6) is 0. The second-order valence-corrected chi connectivity index (χ2v) is 5.35. The topological polar surface area (TPSA) is 33.3 Å². The second kappa shape index (κ2) is 6.57. The number of thiocarbonyl (C=S) groups is 1. The maximum Gasteiger partial charge on any atom is 0.170 e. The summed E-state index contributed by atoms with van der Waals surface area (Å²) in [6, 6.07) is 5.23. The molecule has 0 bridgehead atoms. The number of benzene rings is 1. The van der Waals surface area contributed by atoms with Crippen LogP contribution < -0.4 is 10.6 Å². The maximum absolute atomic E-state index is 6.04. The predicted molar refractivity (Wildman–Crippen MR) is 79.7 cm³/mol. The molecule has 1 aromatic carbocycles. The van der Waals surface area contributed by atoms with Crippen molar-refractivity contribution in [2.24, 2.45) is 0 Å². The number of hydrogen-bond donors (Lipinski definition) is 2. The van der Waals surface area contributed by atoms with E-state index in [1.165, 1.54) is 0 Å². The van der Waals surface area contributed by atoms with E-state index in [1.807, 2.05) is 0 Å². The molecule has 6 heteroatoms. The van der Waals surface area contributed by atoms with Gasteiger partial charge >= 0.3 is 0 Å². The Morgan fingerprint density at radius 2 is 2.28 bits per heavy atom. The molecule has 98 valence electrons. The van der Waals surface area contributed by atoms with Crippen LogP contribution in [0.3, 0.4) is 0 Å². The third-order valence-electron chi connectivity index (χ3n) is 2.69. The Balaban J connectivity index is 1.82. The molecule has 2 rings (SSSR count). The van der Waals surface area contributed by atoms with Crippen molar-refractivity contribution >= 4 is 46.2 Å². The summed E-state index contributed by atoms with van der Waals surface area (Å²) in [6.07, 6.45) is 2.46. The number of ether oxygens (including phenoxy) is 1. The summed E-state index contributed by atoms with van der Waals surface area (Å²) in [6.45, 7) is 1.56. The first-order chi connectivity index (χ1) is 8.65. The third kappa shape index (κ3) is 3.99. The minimum atomic E-state index is 0.255. The molecular weight excluding hydrogens is 291 g/mol. The molecule has 1 aliphatic heterocycles. The minimum absolute atomic E-state index is 0.255. The summed E-state index contributed by atoms with van der Waals surface area (Å²) in [7, 11) is 0. The van der Waals surface area contributed by atoms with Crippen LogP contribution in [-0.4, -0.2) is 24.4 Å². The zero-order valence-electron chi connectivity index (χ0n) is 9.71. The first-order valence-corrected chi connectivity index (χ1v) is 6.93. The van der Waals surface area contributed by atoms with Crippen molar-refractivity contribution in [3.05, 3.63) is 28.2 Å². The van der Waals surface area contributed by atoms with Crippen LogP contribution in [0.15, 0.2) is 18.2 Å². The van der Waals surface area contributed by atoms with E-state index in [1.54, 1.807) is 18.2 Å². The van der Waals surface area contributed by atoms with Gasteiger partial charge in [-0.1, -0.05) is 23.2 Å². The van der Waals surface area contributed by atoms with Gasteiger partial charge in [0.15, 0.2) is 5.11 Å². The van der Waals surface area contributed by atoms with Gasteiger partial charge in [0.2, 0.25) is 0 Å². The summed E-state index contributed by atoms with van der Waals surface area (Å²) in [4.78, 5) is 0. The highest BCUT2D eigenvalue weighted by atomic mass is 35.5. The number of anilines is 1. The quantitative estimate of drug-likeness (QED) is 0.838. The molecule has 0 unspecified atom stereocenters. The van der Waals surface area contributed by atoms with Crippen molar-refractivity contribution in [2.45, 2.75) is 18.9 Å². The molecule has 0 radical (unpaired) electrons. The van der Waals surface area contributed by atoms with Crippen LogP contribution in [0.5, 0.6) is 0 Å². The van der Waals surface area contributed by atoms with Crippen molar-refractivity contribution in [2.75, 3.05) is 18.5 Å². The molecule has 0 aromatic heterocycles. The molecule has 0 saturated carbocycles. The van der Waals surface area contributed by atoms with E-state index in [9.17, 15) is 0 Å². The third-order valence-corrected chi connectivity index (χ3v) is 3.49. The van der Waals surface area contributed by atoms with Gasteiger partial charge in [-0.15, -0.1) is 0 Å². The highest BCUT2D eigenvalue weighted by Gasteiger charge is 2.15. The highest BCUT2D eigenvalue weighted by Crippen LogP contribution is 2.25. The number of halogens is 2. The lowest BCUT2D eigenvalue weighted by Crippen LogP contribution is -2.34. The smallest absolute Gasteiger partial charge is 0.170 e. The van der Waals surface area contributed by atoms with Gasteiger partial charge in [0.25, 0.3) is 0 Å². The molecule has 2 N–H and O–H groups in total. The normalized spacial score (nSPS) is 18.7. The van der Waals surface area contributed by atoms with Gasteiger partial charge in [-0.2, -0.15) is 0 Å². The molecule has 0 amide bonds. The van der Waals surface area contributed by atoms with Gasteiger partial charge in [0.05, 0.1) is 16.8 Å². The molecule has 1 heterocycles. The Hall–Kier alpha value is -0.550. The van der Waals surface area contributed by atoms with Crippen LogP contribution >= 0.6 is 35.4 Å². The van der Waals surface area contributed by atoms with Gasteiger partial charge in [-0.05, 0) is 43.3 Å².